The normalized spacial score (nSPS) is 14.6. The lowest BCUT2D eigenvalue weighted by Gasteiger charge is -2.34. The quantitative estimate of drug-likeness (QED) is 0.853. The first-order valence-corrected chi connectivity index (χ1v) is 8.87. The summed E-state index contributed by atoms with van der Waals surface area (Å²) in [5.41, 5.74) is 0.526. The van der Waals surface area contributed by atoms with Gasteiger partial charge in [-0.25, -0.2) is 8.78 Å². The van der Waals surface area contributed by atoms with E-state index in [1.54, 1.807) is 36.3 Å². The maximum atomic E-state index is 13.6. The van der Waals surface area contributed by atoms with Crippen molar-refractivity contribution >= 4 is 17.5 Å². The fourth-order valence-corrected chi connectivity index (χ4v) is 3.01. The van der Waals surface area contributed by atoms with Crippen LogP contribution in [0.1, 0.15) is 10.4 Å². The number of piperazine rings is 1. The van der Waals surface area contributed by atoms with Crippen molar-refractivity contribution in [3.63, 3.8) is 0 Å². The van der Waals surface area contributed by atoms with Crippen molar-refractivity contribution in [2.24, 2.45) is 0 Å². The van der Waals surface area contributed by atoms with Crippen LogP contribution < -0.4 is 10.1 Å². The highest BCUT2D eigenvalue weighted by atomic mass is 19.1. The number of rotatable bonds is 5. The molecule has 3 rings (SSSR count). The van der Waals surface area contributed by atoms with E-state index in [2.05, 4.69) is 5.32 Å². The standard InChI is InChI=1S/C20H21F2N3O3/c1-28-16-5-2-14(3-6-16)20(27)25-10-8-24(9-11-25)13-19(26)23-18-7-4-15(21)12-17(18)22/h2-7,12H,8-11,13H2,1H3,(H,23,26). The van der Waals surface area contributed by atoms with Crippen LogP contribution in [0.4, 0.5) is 14.5 Å². The van der Waals surface area contributed by atoms with Crippen molar-refractivity contribution < 1.29 is 23.1 Å². The van der Waals surface area contributed by atoms with Gasteiger partial charge in [0, 0.05) is 37.8 Å². The summed E-state index contributed by atoms with van der Waals surface area (Å²) in [6.45, 7) is 2.11. The van der Waals surface area contributed by atoms with Gasteiger partial charge >= 0.3 is 0 Å². The molecular formula is C20H21F2N3O3. The van der Waals surface area contributed by atoms with Crippen LogP contribution in [0.5, 0.6) is 5.75 Å². The molecule has 0 spiro atoms. The fourth-order valence-electron chi connectivity index (χ4n) is 3.01. The number of halogens is 2. The summed E-state index contributed by atoms with van der Waals surface area (Å²) in [6.07, 6.45) is 0. The van der Waals surface area contributed by atoms with E-state index in [9.17, 15) is 18.4 Å². The van der Waals surface area contributed by atoms with E-state index in [1.165, 1.54) is 6.07 Å². The molecule has 0 atom stereocenters. The number of amides is 2. The van der Waals surface area contributed by atoms with Gasteiger partial charge < -0.3 is 15.0 Å². The van der Waals surface area contributed by atoms with Crippen molar-refractivity contribution in [3.05, 3.63) is 59.7 Å². The zero-order valence-electron chi connectivity index (χ0n) is 15.5. The van der Waals surface area contributed by atoms with E-state index < -0.39 is 11.6 Å². The molecule has 28 heavy (non-hydrogen) atoms. The molecule has 1 aliphatic rings. The molecule has 0 aliphatic carbocycles. The molecule has 1 N–H and O–H groups in total. The second-order valence-electron chi connectivity index (χ2n) is 6.47. The molecular weight excluding hydrogens is 368 g/mol. The average Bonchev–Trinajstić information content (AvgIpc) is 2.70. The SMILES string of the molecule is COc1ccc(C(=O)N2CCN(CC(=O)Nc3ccc(F)cc3F)CC2)cc1. The Bertz CT molecular complexity index is 850. The van der Waals surface area contributed by atoms with Crippen LogP contribution in [0.2, 0.25) is 0 Å². The molecule has 6 nitrogen and oxygen atoms in total. The van der Waals surface area contributed by atoms with Crippen molar-refractivity contribution in [2.45, 2.75) is 0 Å². The molecule has 0 aromatic heterocycles. The first-order valence-electron chi connectivity index (χ1n) is 8.87. The number of hydrogen-bond donors (Lipinski definition) is 1. The third-order valence-corrected chi connectivity index (χ3v) is 4.57. The summed E-state index contributed by atoms with van der Waals surface area (Å²) < 4.78 is 31.6. The van der Waals surface area contributed by atoms with E-state index in [1.807, 2.05) is 4.90 Å². The van der Waals surface area contributed by atoms with E-state index in [0.29, 0.717) is 37.5 Å². The van der Waals surface area contributed by atoms with Gasteiger partial charge in [0.05, 0.1) is 19.3 Å². The summed E-state index contributed by atoms with van der Waals surface area (Å²) in [5, 5.41) is 2.44. The summed E-state index contributed by atoms with van der Waals surface area (Å²) in [7, 11) is 1.57. The number of nitrogens with one attached hydrogen (secondary N) is 1. The van der Waals surface area contributed by atoms with Crippen molar-refractivity contribution in [1.29, 1.82) is 0 Å². The Morgan fingerprint density at radius 3 is 2.32 bits per heavy atom. The smallest absolute Gasteiger partial charge is 0.253 e. The number of methoxy groups -OCH3 is 1. The van der Waals surface area contributed by atoms with Crippen LogP contribution in [0, 0.1) is 11.6 Å². The molecule has 0 saturated carbocycles. The molecule has 0 bridgehead atoms. The molecule has 148 valence electrons. The average molecular weight is 389 g/mol. The van der Waals surface area contributed by atoms with Crippen molar-refractivity contribution in [2.75, 3.05) is 45.2 Å². The van der Waals surface area contributed by atoms with Crippen LogP contribution in [0.3, 0.4) is 0 Å². The van der Waals surface area contributed by atoms with E-state index in [-0.39, 0.29) is 24.0 Å². The molecule has 1 fully saturated rings. The van der Waals surface area contributed by atoms with Crippen LogP contribution >= 0.6 is 0 Å². The first-order chi connectivity index (χ1) is 13.5. The van der Waals surface area contributed by atoms with Gasteiger partial charge in [0.2, 0.25) is 5.91 Å². The monoisotopic (exact) mass is 389 g/mol. The van der Waals surface area contributed by atoms with Crippen LogP contribution in [-0.4, -0.2) is 61.4 Å². The van der Waals surface area contributed by atoms with Gasteiger partial charge in [0.15, 0.2) is 0 Å². The number of nitrogens with zero attached hydrogens (tertiary/aromatic N) is 2. The fraction of sp³-hybridized carbons (Fsp3) is 0.300. The number of benzene rings is 2. The minimum Gasteiger partial charge on any atom is -0.497 e. The van der Waals surface area contributed by atoms with E-state index in [0.717, 1.165) is 12.1 Å². The predicted molar refractivity (Wildman–Crippen MR) is 100 cm³/mol. The van der Waals surface area contributed by atoms with Crippen LogP contribution in [-0.2, 0) is 4.79 Å². The highest BCUT2D eigenvalue weighted by Crippen LogP contribution is 2.16. The predicted octanol–water partition coefficient (Wildman–Crippen LogP) is 2.37. The van der Waals surface area contributed by atoms with Gasteiger partial charge in [-0.05, 0) is 36.4 Å². The van der Waals surface area contributed by atoms with Gasteiger partial charge in [0.1, 0.15) is 17.4 Å². The second kappa shape index (κ2) is 8.79. The molecule has 2 aromatic rings. The van der Waals surface area contributed by atoms with Crippen LogP contribution in [0.25, 0.3) is 0 Å². The van der Waals surface area contributed by atoms with Crippen molar-refractivity contribution in [3.8, 4) is 5.75 Å². The second-order valence-corrected chi connectivity index (χ2v) is 6.47. The Kier molecular flexibility index (Phi) is 6.20. The Morgan fingerprint density at radius 1 is 1.04 bits per heavy atom. The Labute approximate surface area is 161 Å². The summed E-state index contributed by atoms with van der Waals surface area (Å²) in [4.78, 5) is 28.3. The minimum atomic E-state index is -0.816. The number of hydrogen-bond acceptors (Lipinski definition) is 4. The third kappa shape index (κ3) is 4.83. The summed E-state index contributed by atoms with van der Waals surface area (Å²) in [6, 6.07) is 9.91. The Balaban J connectivity index is 1.49. The zero-order valence-corrected chi connectivity index (χ0v) is 15.5. The molecule has 2 amide bonds. The Hall–Kier alpha value is -3.00. The molecule has 0 unspecified atom stereocenters. The first kappa shape index (κ1) is 19.8. The third-order valence-electron chi connectivity index (χ3n) is 4.57. The summed E-state index contributed by atoms with van der Waals surface area (Å²) >= 11 is 0. The van der Waals surface area contributed by atoms with E-state index >= 15 is 0 Å². The molecule has 0 radical (unpaired) electrons. The highest BCUT2D eigenvalue weighted by Gasteiger charge is 2.23. The lowest BCUT2D eigenvalue weighted by molar-refractivity contribution is -0.117. The molecule has 2 aromatic carbocycles. The van der Waals surface area contributed by atoms with Gasteiger partial charge in [-0.3, -0.25) is 14.5 Å². The maximum Gasteiger partial charge on any atom is 0.253 e. The Morgan fingerprint density at radius 2 is 1.71 bits per heavy atom. The molecule has 8 heteroatoms. The number of carbonyl (C=O) groups excluding carboxylic acids is 2. The van der Waals surface area contributed by atoms with Gasteiger partial charge in [-0.2, -0.15) is 0 Å². The van der Waals surface area contributed by atoms with Gasteiger partial charge in [-0.15, -0.1) is 0 Å². The van der Waals surface area contributed by atoms with Crippen LogP contribution in [0.15, 0.2) is 42.5 Å². The molecule has 1 saturated heterocycles. The molecule has 1 heterocycles. The summed E-state index contributed by atoms with van der Waals surface area (Å²) in [5.74, 6) is -1.29. The minimum absolute atomic E-state index is 0.0558. The number of ether oxygens (including phenoxy) is 1. The topological polar surface area (TPSA) is 61.9 Å². The maximum absolute atomic E-state index is 13.6. The van der Waals surface area contributed by atoms with Gasteiger partial charge in [0.25, 0.3) is 5.91 Å². The van der Waals surface area contributed by atoms with Crippen molar-refractivity contribution in [1.82, 2.24) is 9.80 Å². The lowest BCUT2D eigenvalue weighted by Crippen LogP contribution is -2.50. The number of anilines is 1. The zero-order chi connectivity index (χ0) is 20.1. The lowest BCUT2D eigenvalue weighted by atomic mass is 10.1. The van der Waals surface area contributed by atoms with Gasteiger partial charge in [-0.1, -0.05) is 0 Å². The largest absolute Gasteiger partial charge is 0.497 e. The number of carbonyl (C=O) groups is 2. The molecule has 1 aliphatic heterocycles. The van der Waals surface area contributed by atoms with E-state index in [4.69, 9.17) is 4.74 Å². The highest BCUT2D eigenvalue weighted by molar-refractivity contribution is 5.94.